The molecule has 0 aliphatic rings. The molecule has 0 saturated heterocycles. The number of benzene rings is 2. The molecule has 0 aliphatic heterocycles. The molecule has 0 spiro atoms. The Bertz CT molecular complexity index is 1320. The summed E-state index contributed by atoms with van der Waals surface area (Å²) in [4.78, 5) is 30.8. The molecule has 2 aromatic heterocycles. The maximum Gasteiger partial charge on any atom is 0.337 e. The Kier molecular flexibility index (Phi) is 4.94. The molecule has 1 unspecified atom stereocenters. The lowest BCUT2D eigenvalue weighted by Crippen LogP contribution is -2.40. The van der Waals surface area contributed by atoms with E-state index >= 15 is 0 Å². The average molecular weight is 407 g/mol. The quantitative estimate of drug-likeness (QED) is 0.473. The van der Waals surface area contributed by atoms with E-state index in [1.807, 2.05) is 37.3 Å². The molecule has 6 nitrogen and oxygen atoms in total. The average Bonchev–Trinajstić information content (AvgIpc) is 3.17. The van der Waals surface area contributed by atoms with Crippen molar-refractivity contribution in [1.29, 1.82) is 0 Å². The number of nitrogens with zero attached hydrogens (tertiary/aromatic N) is 4. The van der Waals surface area contributed by atoms with Crippen molar-refractivity contribution in [2.24, 2.45) is 0 Å². The van der Waals surface area contributed by atoms with Crippen LogP contribution in [-0.4, -0.2) is 18.7 Å². The summed E-state index contributed by atoms with van der Waals surface area (Å²) in [5.74, 6) is 0. The molecule has 7 heteroatoms. The van der Waals surface area contributed by atoms with Gasteiger partial charge < -0.3 is 4.57 Å². The Morgan fingerprint density at radius 3 is 2.48 bits per heavy atom. The van der Waals surface area contributed by atoms with Crippen LogP contribution in [0.4, 0.5) is 0 Å². The van der Waals surface area contributed by atoms with E-state index in [9.17, 15) is 9.59 Å². The predicted octanol–water partition coefficient (Wildman–Crippen LogP) is 3.80. The minimum absolute atomic E-state index is 0.0863. The minimum atomic E-state index is -0.506. The van der Waals surface area contributed by atoms with Crippen molar-refractivity contribution in [1.82, 2.24) is 18.7 Å². The predicted molar refractivity (Wildman–Crippen MR) is 115 cm³/mol. The molecule has 0 radical (unpaired) electrons. The van der Waals surface area contributed by atoms with Gasteiger partial charge in [0.25, 0.3) is 5.56 Å². The molecule has 29 heavy (non-hydrogen) atoms. The summed E-state index contributed by atoms with van der Waals surface area (Å²) in [6, 6.07) is 16.6. The molecule has 2 heterocycles. The molecule has 4 aromatic rings. The van der Waals surface area contributed by atoms with Gasteiger partial charge in [-0.3, -0.25) is 9.36 Å². The lowest BCUT2D eigenvalue weighted by atomic mass is 10.1. The van der Waals surface area contributed by atoms with Crippen molar-refractivity contribution in [2.45, 2.75) is 19.5 Å². The standard InChI is InChI=1S/C22H19ClN4O2/c1-3-13-25-21(28)19-20(27(22(25)29)18-12-8-7-11-17(18)23)24-14-26(19)15(2)16-9-5-4-6-10-16/h3-12,14-15H,1,13H2,2H3. The summed E-state index contributed by atoms with van der Waals surface area (Å²) in [6.07, 6.45) is 3.11. The molecular formula is C22H19ClN4O2. The zero-order valence-corrected chi connectivity index (χ0v) is 16.6. The van der Waals surface area contributed by atoms with E-state index in [-0.39, 0.29) is 18.2 Å². The first-order valence-corrected chi connectivity index (χ1v) is 9.55. The van der Waals surface area contributed by atoms with Gasteiger partial charge in [0.1, 0.15) is 0 Å². The number of rotatable bonds is 5. The number of para-hydroxylation sites is 1. The normalized spacial score (nSPS) is 12.2. The van der Waals surface area contributed by atoms with Gasteiger partial charge in [0.2, 0.25) is 0 Å². The van der Waals surface area contributed by atoms with Gasteiger partial charge in [0.15, 0.2) is 11.2 Å². The highest BCUT2D eigenvalue weighted by atomic mass is 35.5. The van der Waals surface area contributed by atoms with Gasteiger partial charge in [-0.05, 0) is 24.6 Å². The first-order valence-electron chi connectivity index (χ1n) is 9.17. The number of hydrogen-bond acceptors (Lipinski definition) is 3. The smallest absolute Gasteiger partial charge is 0.317 e. The Balaban J connectivity index is 2.09. The van der Waals surface area contributed by atoms with Gasteiger partial charge >= 0.3 is 5.69 Å². The molecule has 0 saturated carbocycles. The molecule has 0 fully saturated rings. The molecule has 146 valence electrons. The Labute approximate surface area is 171 Å². The van der Waals surface area contributed by atoms with Crippen LogP contribution in [0.25, 0.3) is 16.9 Å². The summed E-state index contributed by atoms with van der Waals surface area (Å²) in [5.41, 5.74) is 1.19. The number of halogens is 1. The first-order chi connectivity index (χ1) is 14.0. The number of allylic oxidation sites excluding steroid dienone is 1. The molecular weight excluding hydrogens is 388 g/mol. The van der Waals surface area contributed by atoms with Crippen molar-refractivity contribution in [2.75, 3.05) is 0 Å². The monoisotopic (exact) mass is 406 g/mol. The summed E-state index contributed by atoms with van der Waals surface area (Å²) in [5, 5.41) is 0.394. The van der Waals surface area contributed by atoms with Crippen LogP contribution in [0, 0.1) is 0 Å². The third-order valence-electron chi connectivity index (χ3n) is 4.96. The summed E-state index contributed by atoms with van der Waals surface area (Å²) >= 11 is 6.36. The van der Waals surface area contributed by atoms with E-state index < -0.39 is 11.2 Å². The van der Waals surface area contributed by atoms with Gasteiger partial charge in [-0.25, -0.2) is 14.3 Å². The molecule has 2 aromatic carbocycles. The highest BCUT2D eigenvalue weighted by molar-refractivity contribution is 6.32. The van der Waals surface area contributed by atoms with Crippen LogP contribution in [0.5, 0.6) is 0 Å². The number of aromatic nitrogens is 4. The van der Waals surface area contributed by atoms with Crippen molar-refractivity contribution in [3.05, 3.63) is 105 Å². The van der Waals surface area contributed by atoms with E-state index in [0.29, 0.717) is 16.2 Å². The van der Waals surface area contributed by atoms with Crippen LogP contribution in [0.3, 0.4) is 0 Å². The van der Waals surface area contributed by atoms with Gasteiger partial charge in [-0.15, -0.1) is 6.58 Å². The second kappa shape index (κ2) is 7.56. The Morgan fingerprint density at radius 2 is 1.79 bits per heavy atom. The Hall–Kier alpha value is -3.38. The van der Waals surface area contributed by atoms with E-state index in [1.165, 1.54) is 10.6 Å². The maximum absolute atomic E-state index is 13.2. The SMILES string of the molecule is C=CCn1c(=O)c2c(ncn2C(C)c2ccccc2)n(-c2ccccc2Cl)c1=O. The second-order valence-electron chi connectivity index (χ2n) is 6.68. The van der Waals surface area contributed by atoms with Crippen LogP contribution < -0.4 is 11.2 Å². The van der Waals surface area contributed by atoms with E-state index in [4.69, 9.17) is 11.6 Å². The van der Waals surface area contributed by atoms with Crippen LogP contribution in [0.15, 0.2) is 83.2 Å². The highest BCUT2D eigenvalue weighted by Gasteiger charge is 2.22. The highest BCUT2D eigenvalue weighted by Crippen LogP contribution is 2.24. The zero-order chi connectivity index (χ0) is 20.5. The molecule has 1 atom stereocenters. The number of hydrogen-bond donors (Lipinski definition) is 0. The van der Waals surface area contributed by atoms with Crippen molar-refractivity contribution < 1.29 is 0 Å². The minimum Gasteiger partial charge on any atom is -0.317 e. The number of fused-ring (bicyclic) bond motifs is 1. The van der Waals surface area contributed by atoms with Crippen molar-refractivity contribution in [3.8, 4) is 5.69 Å². The fourth-order valence-corrected chi connectivity index (χ4v) is 3.69. The third-order valence-corrected chi connectivity index (χ3v) is 5.28. The summed E-state index contributed by atoms with van der Waals surface area (Å²) < 4.78 is 4.32. The molecule has 0 amide bonds. The van der Waals surface area contributed by atoms with E-state index in [1.54, 1.807) is 35.2 Å². The van der Waals surface area contributed by atoms with Crippen molar-refractivity contribution in [3.63, 3.8) is 0 Å². The van der Waals surface area contributed by atoms with E-state index in [0.717, 1.165) is 10.1 Å². The Morgan fingerprint density at radius 1 is 1.10 bits per heavy atom. The fraction of sp³-hybridized carbons (Fsp3) is 0.136. The third kappa shape index (κ3) is 3.11. The van der Waals surface area contributed by atoms with Crippen LogP contribution in [0.1, 0.15) is 18.5 Å². The van der Waals surface area contributed by atoms with Gasteiger partial charge in [0, 0.05) is 6.54 Å². The van der Waals surface area contributed by atoms with E-state index in [2.05, 4.69) is 11.6 Å². The first kappa shape index (κ1) is 19.0. The second-order valence-corrected chi connectivity index (χ2v) is 7.09. The lowest BCUT2D eigenvalue weighted by molar-refractivity contribution is 0.642. The van der Waals surface area contributed by atoms with Gasteiger partial charge in [-0.1, -0.05) is 60.1 Å². The topological polar surface area (TPSA) is 61.8 Å². The van der Waals surface area contributed by atoms with Crippen LogP contribution >= 0.6 is 11.6 Å². The van der Waals surface area contributed by atoms with Gasteiger partial charge in [-0.2, -0.15) is 0 Å². The molecule has 4 rings (SSSR count). The maximum atomic E-state index is 13.2. The van der Waals surface area contributed by atoms with Crippen LogP contribution in [0.2, 0.25) is 5.02 Å². The largest absolute Gasteiger partial charge is 0.337 e. The molecule has 0 N–H and O–H groups in total. The summed E-state index contributed by atoms with van der Waals surface area (Å²) in [7, 11) is 0. The lowest BCUT2D eigenvalue weighted by Gasteiger charge is -2.16. The number of imidazole rings is 1. The fourth-order valence-electron chi connectivity index (χ4n) is 3.47. The zero-order valence-electron chi connectivity index (χ0n) is 15.8. The summed E-state index contributed by atoms with van der Waals surface area (Å²) in [6.45, 7) is 5.75. The van der Waals surface area contributed by atoms with Gasteiger partial charge in [0.05, 0.1) is 23.1 Å². The molecule has 0 bridgehead atoms. The van der Waals surface area contributed by atoms with Crippen LogP contribution in [-0.2, 0) is 6.54 Å². The molecule has 0 aliphatic carbocycles. The van der Waals surface area contributed by atoms with Crippen molar-refractivity contribution >= 4 is 22.8 Å².